The van der Waals surface area contributed by atoms with Crippen molar-refractivity contribution in [1.29, 1.82) is 0 Å². The van der Waals surface area contributed by atoms with Crippen molar-refractivity contribution >= 4 is 22.9 Å². The Morgan fingerprint density at radius 3 is 2.73 bits per heavy atom. The van der Waals surface area contributed by atoms with Gasteiger partial charge in [0.15, 0.2) is 28.5 Å². The van der Waals surface area contributed by atoms with E-state index in [2.05, 4.69) is 19.9 Å². The number of hydrogen-bond acceptors (Lipinski definition) is 7. The van der Waals surface area contributed by atoms with Gasteiger partial charge in [0, 0.05) is 6.42 Å². The quantitative estimate of drug-likeness (QED) is 0.641. The van der Waals surface area contributed by atoms with Crippen molar-refractivity contribution in [2.24, 2.45) is 0 Å². The van der Waals surface area contributed by atoms with E-state index in [0.29, 0.717) is 30.8 Å². The van der Waals surface area contributed by atoms with Gasteiger partial charge >= 0.3 is 0 Å². The first kappa shape index (κ1) is 12.7. The van der Waals surface area contributed by atoms with E-state index in [1.165, 1.54) is 0 Å². The molecule has 8 nitrogen and oxygen atoms in total. The largest absolute Gasteiger partial charge is 0.486 e. The lowest BCUT2D eigenvalue weighted by atomic mass is 10.1. The number of fused-ring (bicyclic) bond motifs is 2. The second kappa shape index (κ2) is 4.76. The van der Waals surface area contributed by atoms with Crippen LogP contribution in [0.4, 0.5) is 11.8 Å². The summed E-state index contributed by atoms with van der Waals surface area (Å²) < 4.78 is 11.1. The summed E-state index contributed by atoms with van der Waals surface area (Å²) in [7, 11) is 0. The second-order valence-corrected chi connectivity index (χ2v) is 5.00. The van der Waals surface area contributed by atoms with Gasteiger partial charge < -0.3 is 25.9 Å². The SMILES string of the molecule is Nc1nc(N)c2nc(Cc3ccc4c(c3)OCCO4)[nH]c2n1. The first-order chi connectivity index (χ1) is 10.7. The van der Waals surface area contributed by atoms with Crippen LogP contribution in [0.25, 0.3) is 11.2 Å². The van der Waals surface area contributed by atoms with Crippen molar-refractivity contribution in [3.8, 4) is 11.5 Å². The van der Waals surface area contributed by atoms with Crippen molar-refractivity contribution in [1.82, 2.24) is 19.9 Å². The lowest BCUT2D eigenvalue weighted by Crippen LogP contribution is -2.15. The Kier molecular flexibility index (Phi) is 2.75. The Morgan fingerprint density at radius 1 is 1.05 bits per heavy atom. The number of aromatic nitrogens is 4. The fraction of sp³-hybridized carbons (Fsp3) is 0.214. The molecular formula is C14H14N6O2. The van der Waals surface area contributed by atoms with E-state index in [-0.39, 0.29) is 11.8 Å². The fourth-order valence-electron chi connectivity index (χ4n) is 2.46. The van der Waals surface area contributed by atoms with Crippen molar-refractivity contribution in [3.63, 3.8) is 0 Å². The van der Waals surface area contributed by atoms with Crippen molar-refractivity contribution < 1.29 is 9.47 Å². The van der Waals surface area contributed by atoms with Crippen LogP contribution in [0.5, 0.6) is 11.5 Å². The van der Waals surface area contributed by atoms with Crippen molar-refractivity contribution in [2.75, 3.05) is 24.7 Å². The van der Waals surface area contributed by atoms with Crippen LogP contribution >= 0.6 is 0 Å². The second-order valence-electron chi connectivity index (χ2n) is 5.00. The molecule has 0 unspecified atom stereocenters. The molecule has 0 saturated heterocycles. The molecule has 8 heteroatoms. The normalized spacial score (nSPS) is 13.5. The number of nitrogen functional groups attached to an aromatic ring is 2. The van der Waals surface area contributed by atoms with E-state index < -0.39 is 0 Å². The molecule has 0 aliphatic carbocycles. The summed E-state index contributed by atoms with van der Waals surface area (Å²) in [6.07, 6.45) is 0.590. The number of ether oxygens (including phenoxy) is 2. The van der Waals surface area contributed by atoms with E-state index >= 15 is 0 Å². The molecule has 1 aromatic carbocycles. The van der Waals surface area contributed by atoms with E-state index in [1.54, 1.807) is 0 Å². The van der Waals surface area contributed by atoms with Gasteiger partial charge in [-0.05, 0) is 17.7 Å². The number of aromatic amines is 1. The number of benzene rings is 1. The third-order valence-corrected chi connectivity index (χ3v) is 3.42. The van der Waals surface area contributed by atoms with Crippen LogP contribution in [0.1, 0.15) is 11.4 Å². The molecule has 0 atom stereocenters. The molecule has 4 rings (SSSR count). The highest BCUT2D eigenvalue weighted by atomic mass is 16.6. The molecule has 22 heavy (non-hydrogen) atoms. The Hall–Kier alpha value is -3.03. The number of rotatable bonds is 2. The molecule has 3 heterocycles. The summed E-state index contributed by atoms with van der Waals surface area (Å²) in [5, 5.41) is 0. The maximum absolute atomic E-state index is 5.80. The number of nitrogens with zero attached hydrogens (tertiary/aromatic N) is 3. The Labute approximate surface area is 125 Å². The first-order valence-electron chi connectivity index (χ1n) is 6.85. The Balaban J connectivity index is 1.67. The van der Waals surface area contributed by atoms with Gasteiger partial charge in [-0.3, -0.25) is 0 Å². The zero-order valence-corrected chi connectivity index (χ0v) is 11.7. The van der Waals surface area contributed by atoms with Gasteiger partial charge in [-0.25, -0.2) is 4.98 Å². The molecule has 0 amide bonds. The predicted octanol–water partition coefficient (Wildman–Crippen LogP) is 0.879. The third kappa shape index (κ3) is 2.14. The number of anilines is 2. The molecule has 5 N–H and O–H groups in total. The van der Waals surface area contributed by atoms with Crippen LogP contribution in [0.3, 0.4) is 0 Å². The summed E-state index contributed by atoms with van der Waals surface area (Å²) in [6.45, 7) is 1.14. The summed E-state index contributed by atoms with van der Waals surface area (Å²) in [5.74, 6) is 2.65. The van der Waals surface area contributed by atoms with Gasteiger partial charge in [-0.2, -0.15) is 9.97 Å². The zero-order chi connectivity index (χ0) is 15.1. The first-order valence-corrected chi connectivity index (χ1v) is 6.85. The lowest BCUT2D eigenvalue weighted by molar-refractivity contribution is 0.171. The van der Waals surface area contributed by atoms with Gasteiger partial charge in [0.2, 0.25) is 5.95 Å². The molecule has 2 aromatic heterocycles. The lowest BCUT2D eigenvalue weighted by Gasteiger charge is -2.18. The molecule has 0 radical (unpaired) electrons. The predicted molar refractivity (Wildman–Crippen MR) is 80.7 cm³/mol. The van der Waals surface area contributed by atoms with Crippen LogP contribution < -0.4 is 20.9 Å². The van der Waals surface area contributed by atoms with Gasteiger partial charge in [-0.15, -0.1) is 0 Å². The monoisotopic (exact) mass is 298 g/mol. The van der Waals surface area contributed by atoms with E-state index in [9.17, 15) is 0 Å². The molecule has 3 aromatic rings. The third-order valence-electron chi connectivity index (χ3n) is 3.42. The average Bonchev–Trinajstić information content (AvgIpc) is 2.90. The Bertz CT molecular complexity index is 860. The van der Waals surface area contributed by atoms with E-state index in [0.717, 1.165) is 22.9 Å². The van der Waals surface area contributed by atoms with E-state index in [1.807, 2.05) is 18.2 Å². The minimum atomic E-state index is 0.125. The smallest absolute Gasteiger partial charge is 0.224 e. The molecule has 0 fully saturated rings. The fourth-order valence-corrected chi connectivity index (χ4v) is 2.46. The highest BCUT2D eigenvalue weighted by Gasteiger charge is 2.14. The minimum Gasteiger partial charge on any atom is -0.486 e. The maximum atomic E-state index is 5.80. The van der Waals surface area contributed by atoms with Crippen LogP contribution in [0.2, 0.25) is 0 Å². The summed E-state index contributed by atoms with van der Waals surface area (Å²) in [5.41, 5.74) is 13.5. The molecule has 0 spiro atoms. The van der Waals surface area contributed by atoms with Crippen LogP contribution in [-0.4, -0.2) is 33.1 Å². The zero-order valence-electron chi connectivity index (χ0n) is 11.7. The Morgan fingerprint density at radius 2 is 1.86 bits per heavy atom. The maximum Gasteiger partial charge on any atom is 0.224 e. The molecule has 0 saturated carbocycles. The van der Waals surface area contributed by atoms with Gasteiger partial charge in [0.25, 0.3) is 0 Å². The van der Waals surface area contributed by atoms with E-state index in [4.69, 9.17) is 20.9 Å². The van der Waals surface area contributed by atoms with Crippen LogP contribution in [-0.2, 0) is 6.42 Å². The molecule has 0 bridgehead atoms. The van der Waals surface area contributed by atoms with Crippen molar-refractivity contribution in [2.45, 2.75) is 6.42 Å². The number of imidazole rings is 1. The highest BCUT2D eigenvalue weighted by molar-refractivity contribution is 5.82. The van der Waals surface area contributed by atoms with Gasteiger partial charge in [0.1, 0.15) is 19.0 Å². The number of nitrogens with one attached hydrogen (secondary N) is 1. The highest BCUT2D eigenvalue weighted by Crippen LogP contribution is 2.31. The summed E-state index contributed by atoms with van der Waals surface area (Å²) in [4.78, 5) is 15.5. The molecule has 112 valence electrons. The molecule has 1 aliphatic heterocycles. The van der Waals surface area contributed by atoms with Crippen LogP contribution in [0.15, 0.2) is 18.2 Å². The topological polar surface area (TPSA) is 125 Å². The summed E-state index contributed by atoms with van der Waals surface area (Å²) >= 11 is 0. The van der Waals surface area contributed by atoms with Gasteiger partial charge in [0.05, 0.1) is 0 Å². The average molecular weight is 298 g/mol. The van der Waals surface area contributed by atoms with Gasteiger partial charge in [-0.1, -0.05) is 6.07 Å². The minimum absolute atomic E-state index is 0.125. The standard InChI is InChI=1S/C14H14N6O2/c15-12-11-13(20-14(16)19-12)18-10(17-11)6-7-1-2-8-9(5-7)22-4-3-21-8/h1-2,5H,3-4,6H2,(H5,15,16,17,18,19,20). The summed E-state index contributed by atoms with van der Waals surface area (Å²) in [6, 6.07) is 5.83. The molecular weight excluding hydrogens is 284 g/mol. The molecule has 1 aliphatic rings. The van der Waals surface area contributed by atoms with Crippen LogP contribution in [0, 0.1) is 0 Å². The van der Waals surface area contributed by atoms with Crippen molar-refractivity contribution in [3.05, 3.63) is 29.6 Å². The number of nitrogens with two attached hydrogens (primary N) is 2. The number of H-pyrrole nitrogens is 1. The number of hydrogen-bond donors (Lipinski definition) is 3.